The molecule has 0 atom stereocenters. The van der Waals surface area contributed by atoms with Gasteiger partial charge in [-0.3, -0.25) is 0 Å². The fraction of sp³-hybridized carbons (Fsp3) is 0.136. The summed E-state index contributed by atoms with van der Waals surface area (Å²) in [6.07, 6.45) is 10.4. The molecule has 2 aromatic carbocycles. The molecule has 0 heteroatoms. The highest BCUT2D eigenvalue weighted by Gasteiger charge is 1.92. The molecular formula is C22H22. The van der Waals surface area contributed by atoms with Crippen molar-refractivity contribution in [2.75, 3.05) is 0 Å². The van der Waals surface area contributed by atoms with Gasteiger partial charge in [0, 0.05) is 0 Å². The third kappa shape index (κ3) is 5.09. The van der Waals surface area contributed by atoms with Crippen LogP contribution in [0.2, 0.25) is 0 Å². The second kappa shape index (κ2) is 8.67. The van der Waals surface area contributed by atoms with Crippen molar-refractivity contribution in [2.45, 2.75) is 19.8 Å². The average molecular weight is 286 g/mol. The van der Waals surface area contributed by atoms with Crippen molar-refractivity contribution in [3.8, 4) is 0 Å². The summed E-state index contributed by atoms with van der Waals surface area (Å²) in [4.78, 5) is 0. The molecule has 0 amide bonds. The smallest absolute Gasteiger partial charge is 0.00188 e. The van der Waals surface area contributed by atoms with E-state index in [-0.39, 0.29) is 0 Å². The van der Waals surface area contributed by atoms with Crippen molar-refractivity contribution in [1.29, 1.82) is 0 Å². The summed E-state index contributed by atoms with van der Waals surface area (Å²) in [6.45, 7) is 5.81. The lowest BCUT2D eigenvalue weighted by Gasteiger charge is -1.97. The molecule has 110 valence electrons. The van der Waals surface area contributed by atoms with Gasteiger partial charge in [-0.25, -0.2) is 0 Å². The molecule has 0 heterocycles. The van der Waals surface area contributed by atoms with E-state index in [1.54, 1.807) is 0 Å². The monoisotopic (exact) mass is 286 g/mol. The van der Waals surface area contributed by atoms with Crippen LogP contribution in [-0.2, 0) is 0 Å². The minimum Gasteiger partial charge on any atom is -0.116 e. The van der Waals surface area contributed by atoms with Gasteiger partial charge in [0.15, 0.2) is 0 Å². The van der Waals surface area contributed by atoms with E-state index in [0.717, 1.165) is 18.4 Å². The van der Waals surface area contributed by atoms with Gasteiger partial charge >= 0.3 is 0 Å². The van der Waals surface area contributed by atoms with Crippen molar-refractivity contribution in [3.63, 3.8) is 0 Å². The maximum absolute atomic E-state index is 3.73. The molecular weight excluding hydrogens is 264 g/mol. The molecule has 0 radical (unpaired) electrons. The summed E-state index contributed by atoms with van der Waals surface area (Å²) in [5, 5.41) is 0. The highest BCUT2D eigenvalue weighted by atomic mass is 14.0. The fourth-order valence-electron chi connectivity index (χ4n) is 2.10. The van der Waals surface area contributed by atoms with E-state index in [4.69, 9.17) is 0 Å². The van der Waals surface area contributed by atoms with Gasteiger partial charge in [-0.05, 0) is 48.1 Å². The van der Waals surface area contributed by atoms with E-state index in [1.165, 1.54) is 16.7 Å². The first-order valence-electron chi connectivity index (χ1n) is 7.66. The van der Waals surface area contributed by atoms with Crippen LogP contribution < -0.4 is 0 Å². The molecule has 22 heavy (non-hydrogen) atoms. The number of hydrogen-bond acceptors (Lipinski definition) is 0. The molecule has 0 saturated carbocycles. The zero-order valence-electron chi connectivity index (χ0n) is 13.1. The van der Waals surface area contributed by atoms with Crippen LogP contribution in [0.15, 0.2) is 79.1 Å². The lowest BCUT2D eigenvalue weighted by Crippen LogP contribution is -1.76. The minimum absolute atomic E-state index is 1.03. The summed E-state index contributed by atoms with van der Waals surface area (Å²) in [7, 11) is 0. The SMILES string of the molecule is C=CCC/C=C/c1ccc(C=C=C(C)c2ccccc2)cc1. The van der Waals surface area contributed by atoms with E-state index in [1.807, 2.05) is 30.4 Å². The van der Waals surface area contributed by atoms with E-state index in [0.29, 0.717) is 0 Å². The molecule has 0 bridgehead atoms. The Morgan fingerprint density at radius 1 is 0.955 bits per heavy atom. The largest absolute Gasteiger partial charge is 0.116 e. The Kier molecular flexibility index (Phi) is 6.23. The highest BCUT2D eigenvalue weighted by molar-refractivity contribution is 5.67. The number of rotatable bonds is 6. The summed E-state index contributed by atoms with van der Waals surface area (Å²) in [5.74, 6) is 0. The Labute approximate surface area is 133 Å². The first kappa shape index (κ1) is 15.8. The molecule has 0 nitrogen and oxygen atoms in total. The molecule has 2 aromatic rings. The normalized spacial score (nSPS) is 10.2. The van der Waals surface area contributed by atoms with E-state index < -0.39 is 0 Å². The van der Waals surface area contributed by atoms with Crippen LogP contribution in [0.4, 0.5) is 0 Å². The van der Waals surface area contributed by atoms with E-state index in [2.05, 4.69) is 67.8 Å². The zero-order valence-corrected chi connectivity index (χ0v) is 13.1. The van der Waals surface area contributed by atoms with Gasteiger partial charge in [-0.15, -0.1) is 12.3 Å². The van der Waals surface area contributed by atoms with Crippen molar-refractivity contribution in [3.05, 3.63) is 95.7 Å². The molecule has 0 fully saturated rings. The van der Waals surface area contributed by atoms with Crippen LogP contribution in [0.5, 0.6) is 0 Å². The van der Waals surface area contributed by atoms with Crippen LogP contribution in [-0.4, -0.2) is 0 Å². The molecule has 0 aliphatic carbocycles. The van der Waals surface area contributed by atoms with Crippen molar-refractivity contribution in [1.82, 2.24) is 0 Å². The second-order valence-electron chi connectivity index (χ2n) is 5.21. The van der Waals surface area contributed by atoms with Gasteiger partial charge < -0.3 is 0 Å². The van der Waals surface area contributed by atoms with Gasteiger partial charge in [0.1, 0.15) is 0 Å². The molecule has 0 aliphatic rings. The molecule has 0 unspecified atom stereocenters. The minimum atomic E-state index is 1.03. The molecule has 0 N–H and O–H groups in total. The Morgan fingerprint density at radius 2 is 1.64 bits per heavy atom. The lowest BCUT2D eigenvalue weighted by molar-refractivity contribution is 1.06. The van der Waals surface area contributed by atoms with E-state index in [9.17, 15) is 0 Å². The number of benzene rings is 2. The van der Waals surface area contributed by atoms with Crippen LogP contribution in [0.3, 0.4) is 0 Å². The predicted molar refractivity (Wildman–Crippen MR) is 98.4 cm³/mol. The van der Waals surface area contributed by atoms with Gasteiger partial charge in [0.2, 0.25) is 0 Å². The Hall–Kier alpha value is -2.56. The quantitative estimate of drug-likeness (QED) is 0.328. The van der Waals surface area contributed by atoms with Gasteiger partial charge in [0.25, 0.3) is 0 Å². The summed E-state index contributed by atoms with van der Waals surface area (Å²) >= 11 is 0. The van der Waals surface area contributed by atoms with Gasteiger partial charge in [-0.1, -0.05) is 72.8 Å². The van der Waals surface area contributed by atoms with E-state index >= 15 is 0 Å². The number of allylic oxidation sites excluding steroid dienone is 3. The molecule has 0 saturated heterocycles. The first-order valence-corrected chi connectivity index (χ1v) is 7.66. The van der Waals surface area contributed by atoms with Crippen molar-refractivity contribution < 1.29 is 0 Å². The summed E-state index contributed by atoms with van der Waals surface area (Å²) < 4.78 is 0. The Balaban J connectivity index is 2.06. The van der Waals surface area contributed by atoms with Gasteiger partial charge in [-0.2, -0.15) is 0 Å². The summed E-state index contributed by atoms with van der Waals surface area (Å²) in [5.41, 5.74) is 8.11. The molecule has 0 aromatic heterocycles. The molecule has 0 aliphatic heterocycles. The topological polar surface area (TPSA) is 0 Å². The van der Waals surface area contributed by atoms with Crippen LogP contribution in [0, 0.1) is 0 Å². The number of hydrogen-bond donors (Lipinski definition) is 0. The first-order chi connectivity index (χ1) is 10.8. The highest BCUT2D eigenvalue weighted by Crippen LogP contribution is 2.13. The lowest BCUT2D eigenvalue weighted by atomic mass is 10.1. The fourth-order valence-corrected chi connectivity index (χ4v) is 2.10. The van der Waals surface area contributed by atoms with Crippen molar-refractivity contribution in [2.24, 2.45) is 0 Å². The maximum Gasteiger partial charge on any atom is -0.00188 e. The molecule has 0 spiro atoms. The summed E-state index contributed by atoms with van der Waals surface area (Å²) in [6, 6.07) is 18.9. The van der Waals surface area contributed by atoms with Crippen LogP contribution in [0.1, 0.15) is 36.5 Å². The second-order valence-corrected chi connectivity index (χ2v) is 5.21. The average Bonchev–Trinajstić information content (AvgIpc) is 2.58. The predicted octanol–water partition coefficient (Wildman–Crippen LogP) is 6.38. The zero-order chi connectivity index (χ0) is 15.6. The third-order valence-corrected chi connectivity index (χ3v) is 3.45. The maximum atomic E-state index is 3.73. The number of unbranched alkanes of at least 4 members (excludes halogenated alkanes) is 1. The Bertz CT molecular complexity index is 679. The molecule has 2 rings (SSSR count). The standard InChI is InChI=1S/C22H22/c1-3-4-5-7-10-20-15-17-21(18-16-20)14-13-19(2)22-11-8-6-9-12-22/h3,6-12,14-18H,1,4-5H2,2H3/b10-7+. The van der Waals surface area contributed by atoms with Crippen LogP contribution in [0.25, 0.3) is 17.7 Å². The van der Waals surface area contributed by atoms with Crippen molar-refractivity contribution >= 4 is 17.7 Å². The Morgan fingerprint density at radius 3 is 2.32 bits per heavy atom. The van der Waals surface area contributed by atoms with Gasteiger partial charge in [0.05, 0.1) is 0 Å². The van der Waals surface area contributed by atoms with Crippen LogP contribution >= 0.6 is 0 Å². The third-order valence-electron chi connectivity index (χ3n) is 3.45.